The second-order valence-electron chi connectivity index (χ2n) is 7.00. The molecule has 1 atom stereocenters. The molecule has 1 unspecified atom stereocenters. The van der Waals surface area contributed by atoms with Gasteiger partial charge in [0.1, 0.15) is 0 Å². The van der Waals surface area contributed by atoms with Crippen LogP contribution in [0.5, 0.6) is 0 Å². The maximum Gasteiger partial charge on any atom is 0.0249 e. The lowest BCUT2D eigenvalue weighted by Gasteiger charge is -2.06. The number of hydrogen-bond donors (Lipinski definition) is 0. The zero-order valence-electron chi connectivity index (χ0n) is 15.0. The Bertz CT molecular complexity index is 179. The molecule has 0 aromatic rings. The molecule has 0 bridgehead atoms. The maximum absolute atomic E-state index is 5.82. The van der Waals surface area contributed by atoms with Crippen LogP contribution in [-0.2, 0) is 0 Å². The molecular formula is C20H41Cl. The highest BCUT2D eigenvalue weighted by molar-refractivity contribution is 6.18. The quantitative estimate of drug-likeness (QED) is 0.188. The highest BCUT2D eigenvalue weighted by Gasteiger charge is 1.99. The minimum atomic E-state index is 0.716. The van der Waals surface area contributed by atoms with Crippen LogP contribution < -0.4 is 0 Å². The molecule has 0 fully saturated rings. The van der Waals surface area contributed by atoms with Crippen LogP contribution in [0.1, 0.15) is 117 Å². The van der Waals surface area contributed by atoms with Crippen molar-refractivity contribution in [3.05, 3.63) is 0 Å². The van der Waals surface area contributed by atoms with Crippen molar-refractivity contribution in [2.24, 2.45) is 5.92 Å². The maximum atomic E-state index is 5.82. The van der Waals surface area contributed by atoms with Gasteiger partial charge >= 0.3 is 0 Å². The van der Waals surface area contributed by atoms with E-state index >= 15 is 0 Å². The highest BCUT2D eigenvalue weighted by atomic mass is 35.5. The van der Waals surface area contributed by atoms with Crippen LogP contribution in [0.2, 0.25) is 0 Å². The van der Waals surface area contributed by atoms with Gasteiger partial charge in [0.15, 0.2) is 0 Å². The number of hydrogen-bond acceptors (Lipinski definition) is 0. The summed E-state index contributed by atoms with van der Waals surface area (Å²) in [6.45, 7) is 4.55. The summed E-state index contributed by atoms with van der Waals surface area (Å²) in [4.78, 5) is 0. The summed E-state index contributed by atoms with van der Waals surface area (Å²) in [5.41, 5.74) is 0. The molecule has 0 N–H and O–H groups in total. The van der Waals surface area contributed by atoms with Crippen molar-refractivity contribution in [1.82, 2.24) is 0 Å². The minimum absolute atomic E-state index is 0.716. The van der Waals surface area contributed by atoms with Crippen LogP contribution in [0.4, 0.5) is 0 Å². The summed E-state index contributed by atoms with van der Waals surface area (Å²) in [5.74, 6) is 1.55. The van der Waals surface area contributed by atoms with Crippen LogP contribution in [0.25, 0.3) is 0 Å². The number of unbranched alkanes of at least 4 members (excludes halogenated alkanes) is 14. The predicted octanol–water partition coefficient (Wildman–Crippen LogP) is 8.12. The SMILES string of the molecule is CCCCCCCCCCCCCCCCCC(C)CCl. The molecular weight excluding hydrogens is 276 g/mol. The van der Waals surface area contributed by atoms with E-state index in [-0.39, 0.29) is 0 Å². The Balaban J connectivity index is 2.96. The van der Waals surface area contributed by atoms with Gasteiger partial charge in [-0.25, -0.2) is 0 Å². The lowest BCUT2D eigenvalue weighted by molar-refractivity contribution is 0.504. The molecule has 0 radical (unpaired) electrons. The molecule has 0 saturated heterocycles. The minimum Gasteiger partial charge on any atom is -0.126 e. The van der Waals surface area contributed by atoms with Crippen molar-refractivity contribution in [3.8, 4) is 0 Å². The highest BCUT2D eigenvalue weighted by Crippen LogP contribution is 2.15. The first-order valence-electron chi connectivity index (χ1n) is 9.87. The lowest BCUT2D eigenvalue weighted by atomic mass is 10.0. The fourth-order valence-electron chi connectivity index (χ4n) is 2.94. The Kier molecular flexibility index (Phi) is 18.6. The predicted molar refractivity (Wildman–Crippen MR) is 99.4 cm³/mol. The van der Waals surface area contributed by atoms with E-state index in [4.69, 9.17) is 11.6 Å². The Morgan fingerprint density at radius 2 is 0.905 bits per heavy atom. The van der Waals surface area contributed by atoms with Gasteiger partial charge in [-0.1, -0.05) is 110 Å². The molecule has 0 rings (SSSR count). The zero-order valence-corrected chi connectivity index (χ0v) is 15.7. The van der Waals surface area contributed by atoms with Crippen molar-refractivity contribution in [2.75, 3.05) is 5.88 Å². The van der Waals surface area contributed by atoms with Crippen molar-refractivity contribution >= 4 is 11.6 Å². The molecule has 0 amide bonds. The fraction of sp³-hybridized carbons (Fsp3) is 1.00. The van der Waals surface area contributed by atoms with Crippen molar-refractivity contribution in [2.45, 2.75) is 117 Å². The molecule has 0 aliphatic heterocycles. The second-order valence-corrected chi connectivity index (χ2v) is 7.31. The first-order chi connectivity index (χ1) is 10.3. The zero-order chi connectivity index (χ0) is 15.6. The van der Waals surface area contributed by atoms with Crippen molar-refractivity contribution in [3.63, 3.8) is 0 Å². The summed E-state index contributed by atoms with van der Waals surface area (Å²) < 4.78 is 0. The van der Waals surface area contributed by atoms with Crippen molar-refractivity contribution in [1.29, 1.82) is 0 Å². The summed E-state index contributed by atoms with van der Waals surface area (Å²) in [6, 6.07) is 0. The van der Waals surface area contributed by atoms with Crippen LogP contribution in [0.3, 0.4) is 0 Å². The first-order valence-corrected chi connectivity index (χ1v) is 10.4. The molecule has 21 heavy (non-hydrogen) atoms. The smallest absolute Gasteiger partial charge is 0.0249 e. The topological polar surface area (TPSA) is 0 Å². The van der Waals surface area contributed by atoms with E-state index in [1.54, 1.807) is 0 Å². The number of rotatable bonds is 17. The van der Waals surface area contributed by atoms with Crippen LogP contribution >= 0.6 is 11.6 Å². The van der Waals surface area contributed by atoms with E-state index in [1.165, 1.54) is 103 Å². The number of halogens is 1. The van der Waals surface area contributed by atoms with Crippen LogP contribution in [-0.4, -0.2) is 5.88 Å². The van der Waals surface area contributed by atoms with Gasteiger partial charge in [0.2, 0.25) is 0 Å². The summed E-state index contributed by atoms with van der Waals surface area (Å²) in [5, 5.41) is 0. The third-order valence-corrected chi connectivity index (χ3v) is 5.09. The van der Waals surface area contributed by atoms with Gasteiger partial charge in [0, 0.05) is 5.88 Å². The molecule has 0 saturated carbocycles. The molecule has 0 aromatic carbocycles. The normalized spacial score (nSPS) is 12.7. The van der Waals surface area contributed by atoms with E-state index in [2.05, 4.69) is 13.8 Å². The van der Waals surface area contributed by atoms with Crippen LogP contribution in [0, 0.1) is 5.92 Å². The van der Waals surface area contributed by atoms with E-state index in [9.17, 15) is 0 Å². The van der Waals surface area contributed by atoms with Gasteiger partial charge in [-0.15, -0.1) is 11.6 Å². The number of alkyl halides is 1. The average Bonchev–Trinajstić information content (AvgIpc) is 2.50. The van der Waals surface area contributed by atoms with Gasteiger partial charge in [0.25, 0.3) is 0 Å². The first kappa shape index (κ1) is 21.3. The third-order valence-electron chi connectivity index (χ3n) is 4.56. The Labute approximate surface area is 140 Å². The molecule has 0 aromatic heterocycles. The monoisotopic (exact) mass is 316 g/mol. The largest absolute Gasteiger partial charge is 0.126 e. The lowest BCUT2D eigenvalue weighted by Crippen LogP contribution is -1.95. The van der Waals surface area contributed by atoms with E-state index < -0.39 is 0 Å². The average molecular weight is 317 g/mol. The molecule has 0 nitrogen and oxygen atoms in total. The third kappa shape index (κ3) is 18.2. The molecule has 0 spiro atoms. The van der Waals surface area contributed by atoms with E-state index in [0.717, 1.165) is 5.88 Å². The van der Waals surface area contributed by atoms with Gasteiger partial charge in [-0.3, -0.25) is 0 Å². The van der Waals surface area contributed by atoms with Gasteiger partial charge in [-0.2, -0.15) is 0 Å². The van der Waals surface area contributed by atoms with Gasteiger partial charge in [0.05, 0.1) is 0 Å². The molecule has 128 valence electrons. The fourth-order valence-corrected chi connectivity index (χ4v) is 3.10. The molecule has 0 aliphatic carbocycles. The summed E-state index contributed by atoms with van der Waals surface area (Å²) in [7, 11) is 0. The van der Waals surface area contributed by atoms with Crippen molar-refractivity contribution < 1.29 is 0 Å². The standard InChI is InChI=1S/C20H41Cl/c1-3-4-5-6-7-8-9-10-11-12-13-14-15-16-17-18-20(2)19-21/h20H,3-19H2,1-2H3. The van der Waals surface area contributed by atoms with Crippen LogP contribution in [0.15, 0.2) is 0 Å². The van der Waals surface area contributed by atoms with E-state index in [0.29, 0.717) is 5.92 Å². The second kappa shape index (κ2) is 18.3. The molecule has 1 heteroatoms. The Morgan fingerprint density at radius 3 is 1.24 bits per heavy atom. The molecule has 0 aliphatic rings. The Morgan fingerprint density at radius 1 is 0.571 bits per heavy atom. The van der Waals surface area contributed by atoms with Gasteiger partial charge < -0.3 is 0 Å². The Hall–Kier alpha value is 0.290. The van der Waals surface area contributed by atoms with E-state index in [1.807, 2.05) is 0 Å². The van der Waals surface area contributed by atoms with Gasteiger partial charge in [-0.05, 0) is 12.3 Å². The molecule has 0 heterocycles. The summed E-state index contributed by atoms with van der Waals surface area (Å²) in [6.07, 6.45) is 23.0. The summed E-state index contributed by atoms with van der Waals surface area (Å²) >= 11 is 5.82.